The maximum atomic E-state index is 5.88. The highest BCUT2D eigenvalue weighted by Crippen LogP contribution is 2.31. The quantitative estimate of drug-likeness (QED) is 0.459. The first-order valence-electron chi connectivity index (χ1n) is 8.09. The lowest BCUT2D eigenvalue weighted by molar-refractivity contribution is 0.618. The van der Waals surface area contributed by atoms with Crippen molar-refractivity contribution in [2.45, 2.75) is 0 Å². The highest BCUT2D eigenvalue weighted by Gasteiger charge is 2.14. The van der Waals surface area contributed by atoms with Gasteiger partial charge in [-0.2, -0.15) is 0 Å². The van der Waals surface area contributed by atoms with Gasteiger partial charge in [-0.05, 0) is 36.4 Å². The van der Waals surface area contributed by atoms with Gasteiger partial charge in [-0.3, -0.25) is 0 Å². The van der Waals surface area contributed by atoms with Gasteiger partial charge in [-0.1, -0.05) is 12.1 Å². The highest BCUT2D eigenvalue weighted by molar-refractivity contribution is 5.91. The molecule has 5 rings (SSSR count). The lowest BCUT2D eigenvalue weighted by Crippen LogP contribution is -1.84. The number of aromatic nitrogens is 2. The van der Waals surface area contributed by atoms with E-state index in [0.717, 1.165) is 11.1 Å². The number of benzene rings is 3. The summed E-state index contributed by atoms with van der Waals surface area (Å²) in [5, 5.41) is 0. The molecule has 5 aromatic rings. The fourth-order valence-corrected chi connectivity index (χ4v) is 2.94. The van der Waals surface area contributed by atoms with Crippen LogP contribution in [-0.4, -0.2) is 9.97 Å². The van der Waals surface area contributed by atoms with Gasteiger partial charge in [0.2, 0.25) is 11.8 Å². The molecule has 0 fully saturated rings. The molecule has 0 aliphatic rings. The average molecular weight is 342 g/mol. The molecular weight excluding hydrogens is 328 g/mol. The molecule has 0 saturated heterocycles. The zero-order valence-corrected chi connectivity index (χ0v) is 13.6. The first-order valence-corrected chi connectivity index (χ1v) is 8.09. The first kappa shape index (κ1) is 14.5. The van der Waals surface area contributed by atoms with Gasteiger partial charge in [0.15, 0.2) is 11.2 Å². The van der Waals surface area contributed by atoms with Crippen molar-refractivity contribution in [1.82, 2.24) is 9.97 Å². The molecule has 2 heterocycles. The number of hydrogen-bond donors (Lipinski definition) is 2. The molecule has 0 bridgehead atoms. The van der Waals surface area contributed by atoms with Crippen LogP contribution in [-0.2, 0) is 0 Å². The number of nitrogens with zero attached hydrogens (tertiary/aromatic N) is 2. The first-order chi connectivity index (χ1) is 12.7. The van der Waals surface area contributed by atoms with Crippen molar-refractivity contribution in [3.8, 4) is 22.9 Å². The second-order valence-corrected chi connectivity index (χ2v) is 6.08. The molecule has 126 valence electrons. The van der Waals surface area contributed by atoms with Crippen LogP contribution in [0, 0.1) is 0 Å². The molecule has 0 spiro atoms. The number of fused-ring (bicyclic) bond motifs is 2. The molecule has 6 nitrogen and oxygen atoms in total. The van der Waals surface area contributed by atoms with Crippen molar-refractivity contribution in [3.63, 3.8) is 0 Å². The Kier molecular flexibility index (Phi) is 2.99. The van der Waals surface area contributed by atoms with E-state index in [1.165, 1.54) is 0 Å². The average Bonchev–Trinajstić information content (AvgIpc) is 3.22. The third-order valence-electron chi connectivity index (χ3n) is 4.16. The number of oxazole rings is 2. The third-order valence-corrected chi connectivity index (χ3v) is 4.16. The Morgan fingerprint density at radius 1 is 0.615 bits per heavy atom. The number of nitrogens with two attached hydrogens (primary N) is 2. The molecule has 0 radical (unpaired) electrons. The van der Waals surface area contributed by atoms with Crippen LogP contribution in [0.5, 0.6) is 0 Å². The lowest BCUT2D eigenvalue weighted by atomic mass is 10.2. The van der Waals surface area contributed by atoms with Crippen LogP contribution >= 0.6 is 0 Å². The van der Waals surface area contributed by atoms with Crippen molar-refractivity contribution in [2.75, 3.05) is 11.5 Å². The Hall–Kier alpha value is -3.80. The van der Waals surface area contributed by atoms with E-state index in [1.807, 2.05) is 60.7 Å². The summed E-state index contributed by atoms with van der Waals surface area (Å²) in [6.45, 7) is 0. The molecule has 2 aromatic heterocycles. The fourth-order valence-electron chi connectivity index (χ4n) is 2.94. The third kappa shape index (κ3) is 2.36. The molecule has 0 aliphatic carbocycles. The van der Waals surface area contributed by atoms with Crippen LogP contribution in [0.25, 0.3) is 45.1 Å². The summed E-state index contributed by atoms with van der Waals surface area (Å²) >= 11 is 0. The predicted octanol–water partition coefficient (Wildman–Crippen LogP) is 4.47. The summed E-state index contributed by atoms with van der Waals surface area (Å²) in [6.07, 6.45) is 0. The van der Waals surface area contributed by atoms with E-state index in [9.17, 15) is 0 Å². The minimum Gasteiger partial charge on any atom is -0.436 e. The lowest BCUT2D eigenvalue weighted by Gasteiger charge is -1.96. The molecule has 0 atom stereocenters. The van der Waals surface area contributed by atoms with Gasteiger partial charge in [-0.15, -0.1) is 0 Å². The summed E-state index contributed by atoms with van der Waals surface area (Å²) in [7, 11) is 0. The summed E-state index contributed by atoms with van der Waals surface area (Å²) in [5.41, 5.74) is 17.3. The van der Waals surface area contributed by atoms with E-state index in [4.69, 9.17) is 20.3 Å². The molecule has 0 unspecified atom stereocenters. The molecule has 6 heteroatoms. The van der Waals surface area contributed by atoms with Gasteiger partial charge in [0.1, 0.15) is 11.0 Å². The second-order valence-electron chi connectivity index (χ2n) is 6.08. The van der Waals surface area contributed by atoms with E-state index in [-0.39, 0.29) is 0 Å². The van der Waals surface area contributed by atoms with Crippen molar-refractivity contribution in [3.05, 3.63) is 60.7 Å². The SMILES string of the molecule is Nc1cccc(-c2nc3cc4oc(-c5cccc(N)c5)nc4cc3o2)c1. The van der Waals surface area contributed by atoms with E-state index in [1.54, 1.807) is 0 Å². The fraction of sp³-hybridized carbons (Fsp3) is 0. The Morgan fingerprint density at radius 3 is 1.50 bits per heavy atom. The minimum absolute atomic E-state index is 0.510. The van der Waals surface area contributed by atoms with E-state index in [0.29, 0.717) is 45.4 Å². The van der Waals surface area contributed by atoms with E-state index in [2.05, 4.69) is 9.97 Å². The van der Waals surface area contributed by atoms with Gasteiger partial charge < -0.3 is 20.3 Å². The summed E-state index contributed by atoms with van der Waals surface area (Å²) < 4.78 is 11.8. The van der Waals surface area contributed by atoms with Gasteiger partial charge in [0, 0.05) is 34.6 Å². The van der Waals surface area contributed by atoms with Gasteiger partial charge >= 0.3 is 0 Å². The monoisotopic (exact) mass is 342 g/mol. The van der Waals surface area contributed by atoms with E-state index >= 15 is 0 Å². The normalized spacial score (nSPS) is 11.4. The second kappa shape index (κ2) is 5.35. The van der Waals surface area contributed by atoms with Crippen LogP contribution < -0.4 is 11.5 Å². The standard InChI is InChI=1S/C20H14N4O2/c21-13-5-1-3-11(7-13)19-23-15-9-18-16(10-17(15)25-19)24-20(26-18)12-4-2-6-14(22)8-12/h1-10H,21-22H2. The van der Waals surface area contributed by atoms with Crippen molar-refractivity contribution >= 4 is 33.6 Å². The van der Waals surface area contributed by atoms with Crippen LogP contribution in [0.3, 0.4) is 0 Å². The smallest absolute Gasteiger partial charge is 0.227 e. The molecule has 0 saturated carbocycles. The van der Waals surface area contributed by atoms with Crippen molar-refractivity contribution in [1.29, 1.82) is 0 Å². The number of rotatable bonds is 2. The van der Waals surface area contributed by atoms with Crippen LogP contribution in [0.2, 0.25) is 0 Å². The number of nitrogen functional groups attached to an aromatic ring is 2. The summed E-state index contributed by atoms with van der Waals surface area (Å²) in [4.78, 5) is 9.08. The zero-order chi connectivity index (χ0) is 17.7. The molecule has 0 aliphatic heterocycles. The Labute approximate surface area is 148 Å². The Balaban J connectivity index is 1.63. The zero-order valence-electron chi connectivity index (χ0n) is 13.6. The Morgan fingerprint density at radius 2 is 1.08 bits per heavy atom. The Bertz CT molecular complexity index is 1120. The highest BCUT2D eigenvalue weighted by atomic mass is 16.4. The summed E-state index contributed by atoms with van der Waals surface area (Å²) in [6, 6.07) is 18.5. The van der Waals surface area contributed by atoms with Gasteiger partial charge in [0.05, 0.1) is 0 Å². The van der Waals surface area contributed by atoms with Crippen molar-refractivity contribution in [2.24, 2.45) is 0 Å². The van der Waals surface area contributed by atoms with Crippen LogP contribution in [0.1, 0.15) is 0 Å². The molecule has 4 N–H and O–H groups in total. The van der Waals surface area contributed by atoms with Crippen LogP contribution in [0.15, 0.2) is 69.5 Å². The molecular formula is C20H14N4O2. The van der Waals surface area contributed by atoms with Gasteiger partial charge in [0.25, 0.3) is 0 Å². The number of anilines is 2. The summed E-state index contributed by atoms with van der Waals surface area (Å²) in [5.74, 6) is 1.02. The van der Waals surface area contributed by atoms with E-state index < -0.39 is 0 Å². The topological polar surface area (TPSA) is 104 Å². The molecule has 3 aromatic carbocycles. The number of hydrogen-bond acceptors (Lipinski definition) is 6. The maximum absolute atomic E-state index is 5.88. The molecule has 26 heavy (non-hydrogen) atoms. The molecule has 0 amide bonds. The van der Waals surface area contributed by atoms with Crippen LogP contribution in [0.4, 0.5) is 11.4 Å². The van der Waals surface area contributed by atoms with Crippen molar-refractivity contribution < 1.29 is 8.83 Å². The van der Waals surface area contributed by atoms with Gasteiger partial charge in [-0.25, -0.2) is 9.97 Å². The minimum atomic E-state index is 0.510. The maximum Gasteiger partial charge on any atom is 0.227 e. The largest absolute Gasteiger partial charge is 0.436 e. The predicted molar refractivity (Wildman–Crippen MR) is 101 cm³/mol.